The molecular weight excluding hydrogens is 433 g/mol. The second kappa shape index (κ2) is 9.03. The number of esters is 1. The molecule has 0 bridgehead atoms. The minimum Gasteiger partial charge on any atom is -0.466 e. The molecule has 1 aliphatic heterocycles. The topological polar surface area (TPSA) is 72.9 Å². The normalized spacial score (nSPS) is 19.4. The van der Waals surface area contributed by atoms with Crippen molar-refractivity contribution in [1.29, 1.82) is 0 Å². The van der Waals surface area contributed by atoms with E-state index >= 15 is 0 Å². The Balaban J connectivity index is 2.27. The van der Waals surface area contributed by atoms with Gasteiger partial charge in [-0.15, -0.1) is 0 Å². The molecule has 0 saturated carbocycles. The monoisotopic (exact) mass is 457 g/mol. The second-order valence-electron chi connectivity index (χ2n) is 7.70. The van der Waals surface area contributed by atoms with Gasteiger partial charge >= 0.3 is 12.1 Å². The van der Waals surface area contributed by atoms with E-state index in [1.54, 1.807) is 39.8 Å². The smallest absolute Gasteiger partial charge is 0.410 e. The first-order valence-electron chi connectivity index (χ1n) is 9.14. The lowest BCUT2D eigenvalue weighted by atomic mass is 9.94. The van der Waals surface area contributed by atoms with Crippen molar-refractivity contribution in [2.24, 2.45) is 0 Å². The van der Waals surface area contributed by atoms with Gasteiger partial charge in [0, 0.05) is 16.9 Å². The zero-order valence-corrected chi connectivity index (χ0v) is 18.0. The summed E-state index contributed by atoms with van der Waals surface area (Å²) in [6, 6.07) is 3.70. The first kappa shape index (κ1) is 22.3. The van der Waals surface area contributed by atoms with E-state index in [-0.39, 0.29) is 25.5 Å². The summed E-state index contributed by atoms with van der Waals surface area (Å²) in [6.07, 6.45) is -0.885. The van der Waals surface area contributed by atoms with Gasteiger partial charge in [0.05, 0.1) is 12.6 Å². The zero-order valence-electron chi connectivity index (χ0n) is 16.5. The number of halogens is 2. The lowest BCUT2D eigenvalue weighted by Gasteiger charge is -2.27. The zero-order chi connectivity index (χ0) is 21.1. The molecule has 154 valence electrons. The number of Topliss-reactive ketones (excluding diaryl/α,β-unsaturated/α-hetero) is 1. The van der Waals surface area contributed by atoms with E-state index in [9.17, 15) is 18.8 Å². The second-order valence-corrected chi connectivity index (χ2v) is 8.61. The summed E-state index contributed by atoms with van der Waals surface area (Å²) < 4.78 is 25.3. The molecule has 0 unspecified atom stereocenters. The fraction of sp³-hybridized carbons (Fsp3) is 0.550. The molecule has 1 aromatic rings. The summed E-state index contributed by atoms with van der Waals surface area (Å²) in [6.45, 7) is 7.11. The molecule has 6 nitrogen and oxygen atoms in total. The van der Waals surface area contributed by atoms with Gasteiger partial charge in [-0.2, -0.15) is 0 Å². The quantitative estimate of drug-likeness (QED) is 0.489. The number of carbonyl (C=O) groups is 3. The average Bonchev–Trinajstić information content (AvgIpc) is 3.01. The largest absolute Gasteiger partial charge is 0.466 e. The van der Waals surface area contributed by atoms with Gasteiger partial charge in [0.2, 0.25) is 0 Å². The highest BCUT2D eigenvalue weighted by atomic mass is 79.9. The SMILES string of the molecule is CCOC(=O)CC(=O)[C@@H]1C[C@@H](c2cc(Br)ccc2F)CN1C(=O)OC(C)(C)C. The number of benzene rings is 1. The minimum atomic E-state index is -0.873. The molecular formula is C20H25BrFNO5. The average molecular weight is 458 g/mol. The number of hydrogen-bond donors (Lipinski definition) is 0. The number of amides is 1. The number of hydrogen-bond acceptors (Lipinski definition) is 5. The van der Waals surface area contributed by atoms with Gasteiger partial charge in [-0.25, -0.2) is 9.18 Å². The fourth-order valence-electron chi connectivity index (χ4n) is 3.19. The van der Waals surface area contributed by atoms with Crippen molar-refractivity contribution in [3.63, 3.8) is 0 Å². The number of ketones is 1. The maximum atomic E-state index is 14.3. The van der Waals surface area contributed by atoms with Crippen LogP contribution in [0.1, 0.15) is 52.0 Å². The molecule has 2 rings (SSSR count). The first-order valence-corrected chi connectivity index (χ1v) is 9.94. The highest BCUT2D eigenvalue weighted by Crippen LogP contribution is 2.36. The van der Waals surface area contributed by atoms with Gasteiger partial charge in [-0.3, -0.25) is 14.5 Å². The lowest BCUT2D eigenvalue weighted by Crippen LogP contribution is -2.44. The molecule has 0 N–H and O–H groups in total. The van der Waals surface area contributed by atoms with Crippen LogP contribution >= 0.6 is 15.9 Å². The van der Waals surface area contributed by atoms with E-state index in [0.717, 1.165) is 0 Å². The Hall–Kier alpha value is -1.96. The van der Waals surface area contributed by atoms with Crippen LogP contribution in [0.2, 0.25) is 0 Å². The summed E-state index contributed by atoms with van der Waals surface area (Å²) in [4.78, 5) is 38.3. The summed E-state index contributed by atoms with van der Waals surface area (Å²) in [7, 11) is 0. The summed E-state index contributed by atoms with van der Waals surface area (Å²) in [5.41, 5.74) is -0.334. The van der Waals surface area contributed by atoms with Crippen LogP contribution in [0.3, 0.4) is 0 Å². The van der Waals surface area contributed by atoms with Gasteiger partial charge in [0.15, 0.2) is 5.78 Å². The molecule has 1 aliphatic rings. The molecule has 0 aliphatic carbocycles. The van der Waals surface area contributed by atoms with Gasteiger partial charge in [-0.05, 0) is 57.9 Å². The highest BCUT2D eigenvalue weighted by molar-refractivity contribution is 9.10. The van der Waals surface area contributed by atoms with E-state index < -0.39 is 41.7 Å². The Kier molecular flexibility index (Phi) is 7.20. The van der Waals surface area contributed by atoms with E-state index in [0.29, 0.717) is 10.0 Å². The third-order valence-electron chi connectivity index (χ3n) is 4.32. The van der Waals surface area contributed by atoms with Crippen LogP contribution in [0, 0.1) is 5.82 Å². The highest BCUT2D eigenvalue weighted by Gasteiger charge is 2.43. The van der Waals surface area contributed by atoms with Crippen molar-refractivity contribution in [1.82, 2.24) is 4.90 Å². The van der Waals surface area contributed by atoms with E-state index in [1.807, 2.05) is 0 Å². The van der Waals surface area contributed by atoms with Crippen molar-refractivity contribution >= 4 is 33.8 Å². The van der Waals surface area contributed by atoms with Crippen molar-refractivity contribution in [3.8, 4) is 0 Å². The van der Waals surface area contributed by atoms with Gasteiger partial charge in [0.25, 0.3) is 0 Å². The van der Waals surface area contributed by atoms with Crippen LogP contribution in [0.5, 0.6) is 0 Å². The van der Waals surface area contributed by atoms with Gasteiger partial charge in [0.1, 0.15) is 17.8 Å². The van der Waals surface area contributed by atoms with Crippen molar-refractivity contribution in [2.75, 3.05) is 13.2 Å². The molecule has 28 heavy (non-hydrogen) atoms. The number of carbonyl (C=O) groups excluding carboxylic acids is 3. The third kappa shape index (κ3) is 5.77. The molecule has 1 amide bonds. The standard InChI is InChI=1S/C20H25BrFNO5/c1-5-27-18(25)10-17(24)16-8-12(14-9-13(21)6-7-15(14)22)11-23(16)19(26)28-20(2,3)4/h6-7,9,12,16H,5,8,10-11H2,1-4H3/t12-,16+/m1/s1. The van der Waals surface area contributed by atoms with Gasteiger partial charge in [-0.1, -0.05) is 15.9 Å². The predicted octanol–water partition coefficient (Wildman–Crippen LogP) is 4.20. The predicted molar refractivity (Wildman–Crippen MR) is 104 cm³/mol. The maximum absolute atomic E-state index is 14.3. The molecule has 0 spiro atoms. The fourth-order valence-corrected chi connectivity index (χ4v) is 3.57. The minimum absolute atomic E-state index is 0.127. The Morgan fingerprint density at radius 1 is 1.29 bits per heavy atom. The molecule has 0 radical (unpaired) electrons. The van der Waals surface area contributed by atoms with E-state index in [1.165, 1.54) is 11.0 Å². The number of rotatable bonds is 5. The van der Waals surface area contributed by atoms with Crippen molar-refractivity contribution in [2.45, 2.75) is 58.1 Å². The Labute approximate surface area is 172 Å². The van der Waals surface area contributed by atoms with Gasteiger partial charge < -0.3 is 9.47 Å². The summed E-state index contributed by atoms with van der Waals surface area (Å²) in [5.74, 6) is -1.88. The van der Waals surface area contributed by atoms with Crippen molar-refractivity contribution in [3.05, 3.63) is 34.1 Å². The molecule has 1 aromatic carbocycles. The molecule has 1 saturated heterocycles. The third-order valence-corrected chi connectivity index (χ3v) is 4.82. The van der Waals surface area contributed by atoms with Crippen LogP contribution in [0.15, 0.2) is 22.7 Å². The number of nitrogens with zero attached hydrogens (tertiary/aromatic N) is 1. The Morgan fingerprint density at radius 3 is 2.57 bits per heavy atom. The lowest BCUT2D eigenvalue weighted by molar-refractivity contribution is -0.146. The Morgan fingerprint density at radius 2 is 1.96 bits per heavy atom. The summed E-state index contributed by atoms with van der Waals surface area (Å²) >= 11 is 3.32. The van der Waals surface area contributed by atoms with Crippen LogP contribution in [0.4, 0.5) is 9.18 Å². The molecule has 2 atom stereocenters. The number of likely N-dealkylation sites (tertiary alicyclic amines) is 1. The summed E-state index contributed by atoms with van der Waals surface area (Å²) in [5, 5.41) is 0. The van der Waals surface area contributed by atoms with Crippen LogP contribution in [0.25, 0.3) is 0 Å². The van der Waals surface area contributed by atoms with Crippen LogP contribution in [-0.2, 0) is 19.1 Å². The molecule has 1 fully saturated rings. The Bertz CT molecular complexity index is 761. The molecule has 1 heterocycles. The maximum Gasteiger partial charge on any atom is 0.410 e. The number of ether oxygens (including phenoxy) is 2. The van der Waals surface area contributed by atoms with E-state index in [2.05, 4.69) is 15.9 Å². The van der Waals surface area contributed by atoms with Crippen LogP contribution in [-0.4, -0.2) is 47.5 Å². The molecule has 0 aromatic heterocycles. The van der Waals surface area contributed by atoms with Crippen molar-refractivity contribution < 1.29 is 28.2 Å². The molecule has 8 heteroatoms. The van der Waals surface area contributed by atoms with Crippen LogP contribution < -0.4 is 0 Å². The van der Waals surface area contributed by atoms with E-state index in [4.69, 9.17) is 9.47 Å². The first-order chi connectivity index (χ1) is 13.0.